The highest BCUT2D eigenvalue weighted by atomic mass is 19.4. The maximum Gasteiger partial charge on any atom is 0.416 e. The summed E-state index contributed by atoms with van der Waals surface area (Å²) in [4.78, 5) is 11.3. The number of benzene rings is 2. The van der Waals surface area contributed by atoms with Crippen LogP contribution >= 0.6 is 0 Å². The van der Waals surface area contributed by atoms with Gasteiger partial charge in [-0.3, -0.25) is 4.79 Å². The Morgan fingerprint density at radius 1 is 1.12 bits per heavy atom. The van der Waals surface area contributed by atoms with E-state index in [9.17, 15) is 18.0 Å². The fourth-order valence-electron chi connectivity index (χ4n) is 2.06. The summed E-state index contributed by atoms with van der Waals surface area (Å²) in [6.45, 7) is 0. The summed E-state index contributed by atoms with van der Waals surface area (Å²) < 4.78 is 48.2. The molecule has 128 valence electrons. The summed E-state index contributed by atoms with van der Waals surface area (Å²) >= 11 is 0. The Kier molecular flexibility index (Phi) is 5.46. The predicted octanol–water partition coefficient (Wildman–Crippen LogP) is 4.06. The van der Waals surface area contributed by atoms with Gasteiger partial charge in [0.15, 0.2) is 0 Å². The van der Waals surface area contributed by atoms with Crippen molar-refractivity contribution < 1.29 is 27.4 Å². The van der Waals surface area contributed by atoms with E-state index in [1.54, 1.807) is 24.3 Å². The van der Waals surface area contributed by atoms with Gasteiger partial charge in [0.25, 0.3) is 0 Å². The van der Waals surface area contributed by atoms with Crippen molar-refractivity contribution in [2.24, 2.45) is 5.73 Å². The standard InChI is InChI=1S/C17H16F3NO3/c1-23-16(22)10-15(21)11-4-2-6-13(8-11)24-14-7-3-5-12(9-14)17(18,19)20/h2-9,15H,10,21H2,1H3/t15-/m0/s1. The largest absolute Gasteiger partial charge is 0.469 e. The first kappa shape index (κ1) is 17.8. The maximum absolute atomic E-state index is 12.7. The van der Waals surface area contributed by atoms with E-state index in [0.717, 1.165) is 12.1 Å². The molecule has 24 heavy (non-hydrogen) atoms. The lowest BCUT2D eigenvalue weighted by Crippen LogP contribution is -2.16. The van der Waals surface area contributed by atoms with Crippen LogP contribution in [0.1, 0.15) is 23.6 Å². The second kappa shape index (κ2) is 7.35. The van der Waals surface area contributed by atoms with E-state index in [1.165, 1.54) is 19.2 Å². The minimum atomic E-state index is -4.44. The lowest BCUT2D eigenvalue weighted by Gasteiger charge is -2.13. The molecule has 7 heteroatoms. The number of methoxy groups -OCH3 is 1. The van der Waals surface area contributed by atoms with Gasteiger partial charge in [0, 0.05) is 6.04 Å². The van der Waals surface area contributed by atoms with Gasteiger partial charge in [-0.25, -0.2) is 0 Å². The van der Waals surface area contributed by atoms with Crippen LogP contribution in [0.25, 0.3) is 0 Å². The Morgan fingerprint density at radius 3 is 2.38 bits per heavy atom. The highest BCUT2D eigenvalue weighted by Gasteiger charge is 2.30. The van der Waals surface area contributed by atoms with Gasteiger partial charge in [0.2, 0.25) is 0 Å². The van der Waals surface area contributed by atoms with E-state index in [0.29, 0.717) is 11.3 Å². The van der Waals surface area contributed by atoms with Crippen molar-refractivity contribution in [1.29, 1.82) is 0 Å². The zero-order valence-corrected chi connectivity index (χ0v) is 12.8. The molecular formula is C17H16F3NO3. The third-order valence-electron chi connectivity index (χ3n) is 3.30. The zero-order chi connectivity index (χ0) is 17.7. The second-order valence-corrected chi connectivity index (χ2v) is 5.09. The summed E-state index contributed by atoms with van der Waals surface area (Å²) in [5, 5.41) is 0. The number of halogens is 3. The Labute approximate surface area is 137 Å². The van der Waals surface area contributed by atoms with E-state index < -0.39 is 23.8 Å². The third kappa shape index (κ3) is 4.73. The average molecular weight is 339 g/mol. The number of esters is 1. The van der Waals surface area contributed by atoms with Crippen molar-refractivity contribution in [2.45, 2.75) is 18.6 Å². The molecule has 0 heterocycles. The minimum absolute atomic E-state index is 0.0104. The first-order valence-corrected chi connectivity index (χ1v) is 7.07. The highest BCUT2D eigenvalue weighted by Crippen LogP contribution is 2.33. The number of carbonyl (C=O) groups is 1. The Hall–Kier alpha value is -2.54. The van der Waals surface area contributed by atoms with Gasteiger partial charge in [0.05, 0.1) is 19.1 Å². The average Bonchev–Trinajstić information content (AvgIpc) is 2.54. The summed E-state index contributed by atoms with van der Waals surface area (Å²) in [7, 11) is 1.27. The molecule has 0 saturated carbocycles. The summed E-state index contributed by atoms with van der Waals surface area (Å²) in [5.74, 6) is -0.0673. The van der Waals surface area contributed by atoms with Crippen LogP contribution in [0, 0.1) is 0 Å². The summed E-state index contributed by atoms with van der Waals surface area (Å²) in [5.41, 5.74) is 5.73. The van der Waals surface area contributed by atoms with Crippen molar-refractivity contribution in [2.75, 3.05) is 7.11 Å². The highest BCUT2D eigenvalue weighted by molar-refractivity contribution is 5.70. The third-order valence-corrected chi connectivity index (χ3v) is 3.30. The molecular weight excluding hydrogens is 323 g/mol. The van der Waals surface area contributed by atoms with Crippen LogP contribution in [0.3, 0.4) is 0 Å². The van der Waals surface area contributed by atoms with E-state index >= 15 is 0 Å². The number of hydrogen-bond acceptors (Lipinski definition) is 4. The molecule has 2 rings (SSSR count). The maximum atomic E-state index is 12.7. The van der Waals surface area contributed by atoms with Crippen LogP contribution in [0.2, 0.25) is 0 Å². The second-order valence-electron chi connectivity index (χ2n) is 5.09. The topological polar surface area (TPSA) is 61.5 Å². The molecule has 0 spiro atoms. The molecule has 2 aromatic carbocycles. The van der Waals surface area contributed by atoms with Gasteiger partial charge >= 0.3 is 12.1 Å². The molecule has 0 radical (unpaired) electrons. The summed E-state index contributed by atoms with van der Waals surface area (Å²) in [6.07, 6.45) is -4.45. The zero-order valence-electron chi connectivity index (χ0n) is 12.8. The van der Waals surface area contributed by atoms with Crippen molar-refractivity contribution in [3.8, 4) is 11.5 Å². The molecule has 0 amide bonds. The smallest absolute Gasteiger partial charge is 0.416 e. The Bertz CT molecular complexity index is 716. The molecule has 0 unspecified atom stereocenters. The van der Waals surface area contributed by atoms with Gasteiger partial charge in [-0.05, 0) is 35.9 Å². The summed E-state index contributed by atoms with van der Waals surface area (Å²) in [6, 6.07) is 10.5. The van der Waals surface area contributed by atoms with Crippen LogP contribution in [0.5, 0.6) is 11.5 Å². The van der Waals surface area contributed by atoms with E-state index in [1.807, 2.05) is 0 Å². The van der Waals surface area contributed by atoms with Crippen LogP contribution in [-0.4, -0.2) is 13.1 Å². The Balaban J connectivity index is 2.16. The number of nitrogens with two attached hydrogens (primary N) is 1. The van der Waals surface area contributed by atoms with Crippen molar-refractivity contribution >= 4 is 5.97 Å². The predicted molar refractivity (Wildman–Crippen MR) is 81.5 cm³/mol. The van der Waals surface area contributed by atoms with Gasteiger partial charge < -0.3 is 15.2 Å². The number of alkyl halides is 3. The number of ether oxygens (including phenoxy) is 2. The van der Waals surface area contributed by atoms with Crippen LogP contribution in [0.15, 0.2) is 48.5 Å². The molecule has 0 aliphatic rings. The van der Waals surface area contributed by atoms with Crippen molar-refractivity contribution in [3.63, 3.8) is 0 Å². The fourth-order valence-corrected chi connectivity index (χ4v) is 2.06. The molecule has 0 aliphatic carbocycles. The molecule has 2 N–H and O–H groups in total. The quantitative estimate of drug-likeness (QED) is 0.835. The Morgan fingerprint density at radius 2 is 1.75 bits per heavy atom. The monoisotopic (exact) mass is 339 g/mol. The van der Waals surface area contributed by atoms with Crippen LogP contribution in [0.4, 0.5) is 13.2 Å². The molecule has 4 nitrogen and oxygen atoms in total. The first-order chi connectivity index (χ1) is 11.3. The van der Waals surface area contributed by atoms with E-state index in [2.05, 4.69) is 4.74 Å². The number of carbonyl (C=O) groups excluding carboxylic acids is 1. The molecule has 2 aromatic rings. The first-order valence-electron chi connectivity index (χ1n) is 7.07. The van der Waals surface area contributed by atoms with Crippen molar-refractivity contribution in [3.05, 3.63) is 59.7 Å². The van der Waals surface area contributed by atoms with Crippen LogP contribution < -0.4 is 10.5 Å². The molecule has 1 atom stereocenters. The van der Waals surface area contributed by atoms with Gasteiger partial charge in [-0.15, -0.1) is 0 Å². The molecule has 0 saturated heterocycles. The van der Waals surface area contributed by atoms with Crippen molar-refractivity contribution in [1.82, 2.24) is 0 Å². The molecule has 0 aromatic heterocycles. The van der Waals surface area contributed by atoms with Gasteiger partial charge in [0.1, 0.15) is 11.5 Å². The minimum Gasteiger partial charge on any atom is -0.469 e. The molecule has 0 aliphatic heterocycles. The number of rotatable bonds is 5. The van der Waals surface area contributed by atoms with E-state index in [-0.39, 0.29) is 12.2 Å². The molecule has 0 fully saturated rings. The van der Waals surface area contributed by atoms with Crippen LogP contribution in [-0.2, 0) is 15.7 Å². The lowest BCUT2D eigenvalue weighted by atomic mass is 10.0. The fraction of sp³-hybridized carbons (Fsp3) is 0.235. The number of hydrogen-bond donors (Lipinski definition) is 1. The normalized spacial score (nSPS) is 12.5. The molecule has 0 bridgehead atoms. The SMILES string of the molecule is COC(=O)C[C@H](N)c1cccc(Oc2cccc(C(F)(F)F)c2)c1. The van der Waals surface area contributed by atoms with Gasteiger partial charge in [-0.1, -0.05) is 18.2 Å². The lowest BCUT2D eigenvalue weighted by molar-refractivity contribution is -0.141. The van der Waals surface area contributed by atoms with Gasteiger partial charge in [-0.2, -0.15) is 13.2 Å². The van der Waals surface area contributed by atoms with E-state index in [4.69, 9.17) is 10.5 Å².